The smallest absolute Gasteiger partial charge is 0.274 e. The van der Waals surface area contributed by atoms with E-state index >= 15 is 0 Å². The number of nitrogens with one attached hydrogen (secondary N) is 1. The molecule has 2 aromatic carbocycles. The van der Waals surface area contributed by atoms with Gasteiger partial charge in [0, 0.05) is 23.3 Å². The zero-order valence-electron chi connectivity index (χ0n) is 20.1. The van der Waals surface area contributed by atoms with E-state index < -0.39 is 11.4 Å². The number of benzene rings is 2. The summed E-state index contributed by atoms with van der Waals surface area (Å²) in [5, 5.41) is 6.91. The van der Waals surface area contributed by atoms with Gasteiger partial charge in [0.2, 0.25) is 0 Å². The van der Waals surface area contributed by atoms with Crippen LogP contribution in [0.25, 0.3) is 33.6 Å². The number of nitrogens with zero attached hydrogens (tertiary/aromatic N) is 2. The number of ether oxygens (including phenoxy) is 3. The average Bonchev–Trinajstić information content (AvgIpc) is 2.89. The number of aromatic amines is 1. The van der Waals surface area contributed by atoms with Gasteiger partial charge in [-0.3, -0.25) is 9.78 Å². The zero-order chi connectivity index (χ0) is 25.7. The molecule has 4 aromatic rings. The minimum atomic E-state index is -0.541. The van der Waals surface area contributed by atoms with Crippen molar-refractivity contribution in [2.75, 3.05) is 20.8 Å². The van der Waals surface area contributed by atoms with Gasteiger partial charge in [0.1, 0.15) is 28.8 Å². The number of aromatic nitrogens is 3. The van der Waals surface area contributed by atoms with E-state index in [0.717, 1.165) is 12.8 Å². The Morgan fingerprint density at radius 2 is 1.69 bits per heavy atom. The number of rotatable bonds is 9. The minimum absolute atomic E-state index is 0.128. The van der Waals surface area contributed by atoms with E-state index in [2.05, 4.69) is 22.1 Å². The van der Waals surface area contributed by atoms with Gasteiger partial charge in [-0.2, -0.15) is 5.10 Å². The lowest BCUT2D eigenvalue weighted by molar-refractivity contribution is 0.308. The van der Waals surface area contributed by atoms with Crippen LogP contribution in [0.3, 0.4) is 0 Å². The lowest BCUT2D eigenvalue weighted by Crippen LogP contribution is -2.15. The van der Waals surface area contributed by atoms with Crippen molar-refractivity contribution in [2.45, 2.75) is 19.8 Å². The molecule has 7 nitrogen and oxygen atoms in total. The number of H-pyrrole nitrogens is 1. The van der Waals surface area contributed by atoms with Crippen molar-refractivity contribution < 1.29 is 18.6 Å². The van der Waals surface area contributed by atoms with Crippen LogP contribution in [-0.2, 0) is 0 Å². The Bertz CT molecular complexity index is 1420. The minimum Gasteiger partial charge on any atom is -0.497 e. The number of methoxy groups -OCH3 is 2. The molecule has 1 N–H and O–H groups in total. The van der Waals surface area contributed by atoms with Crippen LogP contribution in [0.2, 0.25) is 5.02 Å². The Kier molecular flexibility index (Phi) is 7.85. The fraction of sp³-hybridized carbons (Fsp3) is 0.222. The summed E-state index contributed by atoms with van der Waals surface area (Å²) in [6.45, 7) is 2.59. The maximum Gasteiger partial charge on any atom is 0.274 e. The summed E-state index contributed by atoms with van der Waals surface area (Å²) in [5.74, 6) is 0.946. The van der Waals surface area contributed by atoms with Crippen molar-refractivity contribution >= 4 is 11.6 Å². The molecule has 0 aliphatic heterocycles. The van der Waals surface area contributed by atoms with Gasteiger partial charge in [0.25, 0.3) is 5.56 Å². The van der Waals surface area contributed by atoms with E-state index in [4.69, 9.17) is 25.8 Å². The highest BCUT2D eigenvalue weighted by Gasteiger charge is 2.24. The van der Waals surface area contributed by atoms with E-state index in [-0.39, 0.29) is 27.5 Å². The van der Waals surface area contributed by atoms with Gasteiger partial charge in [-0.25, -0.2) is 9.49 Å². The normalized spacial score (nSPS) is 10.8. The van der Waals surface area contributed by atoms with Crippen LogP contribution in [0.1, 0.15) is 19.8 Å². The molecule has 0 saturated carbocycles. The van der Waals surface area contributed by atoms with E-state index in [1.807, 2.05) is 0 Å². The van der Waals surface area contributed by atoms with Gasteiger partial charge >= 0.3 is 0 Å². The number of hydrogen-bond donors (Lipinski definition) is 1. The van der Waals surface area contributed by atoms with Crippen molar-refractivity contribution in [2.24, 2.45) is 0 Å². The first-order chi connectivity index (χ1) is 17.5. The summed E-state index contributed by atoms with van der Waals surface area (Å²) in [6, 6.07) is 12.9. The Hall–Kier alpha value is -3.91. The SMILES string of the molecule is CCCCOc1cnc(-c2c(-c3cc(OC)cc(OC)c3)c(-c3ccccc3F)n[nH]c2=O)c(Cl)c1. The van der Waals surface area contributed by atoms with E-state index in [0.29, 0.717) is 35.0 Å². The third-order valence-electron chi connectivity index (χ3n) is 5.57. The maximum absolute atomic E-state index is 14.9. The van der Waals surface area contributed by atoms with Gasteiger partial charge in [0.05, 0.1) is 43.3 Å². The van der Waals surface area contributed by atoms with Crippen molar-refractivity contribution in [3.8, 4) is 50.9 Å². The largest absolute Gasteiger partial charge is 0.497 e. The fourth-order valence-corrected chi connectivity index (χ4v) is 4.03. The number of halogens is 2. The van der Waals surface area contributed by atoms with Gasteiger partial charge in [-0.05, 0) is 36.2 Å². The molecule has 0 amide bonds. The highest BCUT2D eigenvalue weighted by atomic mass is 35.5. The van der Waals surface area contributed by atoms with Crippen LogP contribution in [0.5, 0.6) is 17.2 Å². The van der Waals surface area contributed by atoms with Crippen molar-refractivity contribution in [3.05, 3.63) is 75.9 Å². The third-order valence-corrected chi connectivity index (χ3v) is 5.86. The highest BCUT2D eigenvalue weighted by Crippen LogP contribution is 2.41. The molecule has 0 unspecified atom stereocenters. The lowest BCUT2D eigenvalue weighted by Gasteiger charge is -2.16. The van der Waals surface area contributed by atoms with Crippen LogP contribution >= 0.6 is 11.6 Å². The standard InChI is InChI=1S/C27H25ClFN3O4/c1-4-5-10-36-19-14-21(28)26(30-15-19)24-23(16-11-17(34-2)13-18(12-16)35-3)25(31-32-27(24)33)20-8-6-7-9-22(20)29/h6-9,11-15H,4-5,10H2,1-3H3,(H,32,33). The van der Waals surface area contributed by atoms with Gasteiger partial charge in [0.15, 0.2) is 0 Å². The molecule has 0 bridgehead atoms. The number of unbranched alkanes of at least 4 members (excludes halogenated alkanes) is 1. The molecule has 0 spiro atoms. The van der Waals surface area contributed by atoms with Crippen molar-refractivity contribution in [3.63, 3.8) is 0 Å². The summed E-state index contributed by atoms with van der Waals surface area (Å²) in [5.41, 5.74) is 1.04. The molecule has 0 fully saturated rings. The Morgan fingerprint density at radius 1 is 0.972 bits per heavy atom. The summed E-state index contributed by atoms with van der Waals surface area (Å²) < 4.78 is 31.5. The fourth-order valence-electron chi connectivity index (χ4n) is 3.77. The first-order valence-electron chi connectivity index (χ1n) is 11.4. The monoisotopic (exact) mass is 509 g/mol. The predicted molar refractivity (Wildman–Crippen MR) is 137 cm³/mol. The highest BCUT2D eigenvalue weighted by molar-refractivity contribution is 6.33. The van der Waals surface area contributed by atoms with E-state index in [9.17, 15) is 9.18 Å². The van der Waals surface area contributed by atoms with Crippen molar-refractivity contribution in [1.82, 2.24) is 15.2 Å². The van der Waals surface area contributed by atoms with Gasteiger partial charge in [-0.1, -0.05) is 37.1 Å². The zero-order valence-corrected chi connectivity index (χ0v) is 20.9. The molecule has 0 aliphatic rings. The average molecular weight is 510 g/mol. The van der Waals surface area contributed by atoms with Gasteiger partial charge in [-0.15, -0.1) is 0 Å². The molecule has 2 aromatic heterocycles. The summed E-state index contributed by atoms with van der Waals surface area (Å²) in [4.78, 5) is 17.7. The molecule has 0 aliphatic carbocycles. The quantitative estimate of drug-likeness (QED) is 0.272. The second kappa shape index (κ2) is 11.2. The van der Waals surface area contributed by atoms with Crippen LogP contribution < -0.4 is 19.8 Å². The molecule has 0 saturated heterocycles. The second-order valence-electron chi connectivity index (χ2n) is 7.94. The third kappa shape index (κ3) is 5.18. The summed E-state index contributed by atoms with van der Waals surface area (Å²) in [6.07, 6.45) is 3.38. The topological polar surface area (TPSA) is 86.3 Å². The maximum atomic E-state index is 14.9. The van der Waals surface area contributed by atoms with Gasteiger partial charge < -0.3 is 14.2 Å². The molecule has 2 heterocycles. The van der Waals surface area contributed by atoms with Crippen LogP contribution in [0, 0.1) is 5.82 Å². The van der Waals surface area contributed by atoms with Crippen LogP contribution in [0.4, 0.5) is 4.39 Å². The lowest BCUT2D eigenvalue weighted by atomic mass is 9.93. The van der Waals surface area contributed by atoms with Crippen molar-refractivity contribution in [1.29, 1.82) is 0 Å². The van der Waals surface area contributed by atoms with Crippen LogP contribution in [-0.4, -0.2) is 36.0 Å². The number of hydrogen-bond acceptors (Lipinski definition) is 6. The summed E-state index contributed by atoms with van der Waals surface area (Å²) in [7, 11) is 3.03. The molecular weight excluding hydrogens is 485 g/mol. The Balaban J connectivity index is 2.01. The first kappa shape index (κ1) is 25.2. The van der Waals surface area contributed by atoms with E-state index in [1.165, 1.54) is 26.5 Å². The molecule has 4 rings (SSSR count). The Labute approximate surface area is 212 Å². The Morgan fingerprint density at radius 3 is 2.33 bits per heavy atom. The van der Waals surface area contributed by atoms with E-state index in [1.54, 1.807) is 42.5 Å². The molecule has 0 atom stereocenters. The molecule has 36 heavy (non-hydrogen) atoms. The molecular formula is C27H25ClFN3O4. The van der Waals surface area contributed by atoms with Crippen LogP contribution in [0.15, 0.2) is 59.5 Å². The molecule has 9 heteroatoms. The number of pyridine rings is 1. The molecule has 0 radical (unpaired) electrons. The predicted octanol–water partition coefficient (Wildman–Crippen LogP) is 6.15. The first-order valence-corrected chi connectivity index (χ1v) is 11.7. The molecule has 186 valence electrons. The second-order valence-corrected chi connectivity index (χ2v) is 8.34. The summed E-state index contributed by atoms with van der Waals surface area (Å²) >= 11 is 6.62.